The zero-order valence-electron chi connectivity index (χ0n) is 49.2. The average Bonchev–Trinajstić information content (AvgIpc) is 3.45. The van der Waals surface area contributed by atoms with E-state index in [1.54, 1.807) is 97.9 Å². The molecule has 10 atom stereocenters. The normalized spacial score (nSPS) is 14.9. The molecule has 2 rings (SSSR count). The van der Waals surface area contributed by atoms with Crippen LogP contribution < -0.4 is 65.5 Å². The van der Waals surface area contributed by atoms with E-state index in [1.807, 2.05) is 0 Å². The molecule has 0 heterocycles. The number of amides is 9. The first-order valence-corrected chi connectivity index (χ1v) is 28.1. The molecule has 9 amide bonds. The van der Waals surface area contributed by atoms with E-state index in [1.165, 1.54) is 19.1 Å². The van der Waals surface area contributed by atoms with E-state index in [0.717, 1.165) is 0 Å². The van der Waals surface area contributed by atoms with Crippen LogP contribution in [0.25, 0.3) is 0 Å². The molecule has 26 nitrogen and oxygen atoms in total. The Morgan fingerprint density at radius 1 is 0.470 bits per heavy atom. The van der Waals surface area contributed by atoms with Crippen molar-refractivity contribution in [3.63, 3.8) is 0 Å². The quantitative estimate of drug-likeness (QED) is 0.0227. The maximum Gasteiger partial charge on any atom is 0.326 e. The molecule has 0 aromatic heterocycles. The van der Waals surface area contributed by atoms with Crippen LogP contribution in [-0.4, -0.2) is 147 Å². The lowest BCUT2D eigenvalue weighted by atomic mass is 9.99. The minimum absolute atomic E-state index is 0.0148. The molecule has 0 aliphatic rings. The highest BCUT2D eigenvalue weighted by atomic mass is 16.4. The third kappa shape index (κ3) is 27.6. The zero-order valence-corrected chi connectivity index (χ0v) is 49.2. The zero-order chi connectivity index (χ0) is 62.7. The second-order valence-electron chi connectivity index (χ2n) is 22.6. The Hall–Kier alpha value is -7.87. The van der Waals surface area contributed by atoms with Gasteiger partial charge >= 0.3 is 5.97 Å². The number of benzene rings is 2. The van der Waals surface area contributed by atoms with Crippen molar-refractivity contribution in [1.29, 1.82) is 0 Å². The number of nitrogens with one attached hydrogen (secondary N) is 8. The SMILES string of the molecule is CC(C)C[C@H](NC(=O)[C@H](CC(C)C)NC(=O)[C@H](Cc1ccccc1)NC(=O)[C@@H](NC(=O)[C@H](CCCN=C(N)N)NC(=O)[C@H](CC(C)C)NC(=O)[C@H](CCC(N)=O)NC(=O)[C@H](CC(C)C)NC(=O)[C@@H](N)Cc1ccc(O)cc1)[C@@H](C)O)C(=O)O. The topological polar surface area (TPSA) is 444 Å². The van der Waals surface area contributed by atoms with Crippen molar-refractivity contribution in [2.24, 2.45) is 51.6 Å². The summed E-state index contributed by atoms with van der Waals surface area (Å²) in [6.07, 6.45) is -2.18. The maximum absolute atomic E-state index is 14.4. The number of nitrogens with two attached hydrogens (primary N) is 4. The summed E-state index contributed by atoms with van der Waals surface area (Å²) in [4.78, 5) is 141. The number of hydrogen-bond donors (Lipinski definition) is 15. The Labute approximate surface area is 486 Å². The van der Waals surface area contributed by atoms with Crippen molar-refractivity contribution in [3.05, 3.63) is 65.7 Å². The van der Waals surface area contributed by atoms with E-state index < -0.39 is 120 Å². The molecular weight excluding hydrogens is 1070 g/mol. The van der Waals surface area contributed by atoms with Crippen LogP contribution in [0, 0.1) is 23.7 Å². The van der Waals surface area contributed by atoms with Crippen molar-refractivity contribution in [1.82, 2.24) is 42.5 Å². The fourth-order valence-electron chi connectivity index (χ4n) is 8.73. The molecule has 19 N–H and O–H groups in total. The number of nitrogens with zero attached hydrogens (tertiary/aromatic N) is 1. The number of aromatic hydroxyl groups is 1. The summed E-state index contributed by atoms with van der Waals surface area (Å²) in [6, 6.07) is 2.22. The van der Waals surface area contributed by atoms with Gasteiger partial charge in [0.25, 0.3) is 0 Å². The number of aliphatic hydroxyl groups is 1. The van der Waals surface area contributed by atoms with E-state index in [-0.39, 0.29) is 106 Å². The lowest BCUT2D eigenvalue weighted by Gasteiger charge is -2.29. The van der Waals surface area contributed by atoms with Gasteiger partial charge in [0.05, 0.1) is 12.1 Å². The Kier molecular flexibility index (Phi) is 30.8. The van der Waals surface area contributed by atoms with E-state index in [2.05, 4.69) is 47.5 Å². The number of carboxylic acid groups (broad SMARTS) is 1. The van der Waals surface area contributed by atoms with E-state index in [4.69, 9.17) is 22.9 Å². The van der Waals surface area contributed by atoms with Gasteiger partial charge in [-0.3, -0.25) is 48.1 Å². The number of carbonyl (C=O) groups excluding carboxylic acids is 9. The number of rotatable bonds is 37. The molecule has 0 saturated heterocycles. The monoisotopic (exact) mass is 1170 g/mol. The first kappa shape index (κ1) is 71.2. The van der Waals surface area contributed by atoms with Crippen molar-refractivity contribution in [2.75, 3.05) is 6.54 Å². The minimum atomic E-state index is -1.77. The van der Waals surface area contributed by atoms with E-state index in [9.17, 15) is 63.3 Å². The number of aliphatic hydroxyl groups excluding tert-OH is 1. The van der Waals surface area contributed by atoms with Gasteiger partial charge in [0, 0.05) is 19.4 Å². The number of phenolic OH excluding ortho intramolecular Hbond substituents is 1. The molecule has 0 bridgehead atoms. The van der Waals surface area contributed by atoms with Crippen LogP contribution in [0.5, 0.6) is 5.75 Å². The predicted molar refractivity (Wildman–Crippen MR) is 311 cm³/mol. The standard InChI is InChI=1S/C57H91N13O13/c1-30(2)24-41(65-48(74)38(58)28-36-17-19-37(72)20-18-36)51(77)64-40(21-22-46(59)73)49(75)66-42(25-31(3)4)52(78)63-39(16-13-23-62-57(60)61)50(76)70-47(34(9)71)55(81)68-44(29-35-14-11-10-12-15-35)54(80)67-43(26-32(5)6)53(79)69-45(56(82)83)27-33(7)8/h10-12,14-15,17-20,30-34,38-45,47,71-72H,13,16,21-29,58H2,1-9H3,(H2,59,73)(H,63,78)(H,64,77)(H,65,74)(H,66,75)(H,67,80)(H,68,81)(H,69,79)(H,70,76)(H,82,83)(H4,60,61,62)/t34-,38+,39+,40+,41+,42+,43+,44+,45+,47+/m1/s1. The molecule has 0 spiro atoms. The fourth-order valence-corrected chi connectivity index (χ4v) is 8.73. The molecule has 2 aromatic carbocycles. The largest absolute Gasteiger partial charge is 0.508 e. The highest BCUT2D eigenvalue weighted by Crippen LogP contribution is 2.15. The number of aliphatic imine (C=N–C) groups is 1. The van der Waals surface area contributed by atoms with Crippen LogP contribution in [0.4, 0.5) is 0 Å². The van der Waals surface area contributed by atoms with Gasteiger partial charge < -0.3 is 80.8 Å². The van der Waals surface area contributed by atoms with E-state index in [0.29, 0.717) is 11.1 Å². The van der Waals surface area contributed by atoms with Crippen molar-refractivity contribution in [2.45, 2.75) is 187 Å². The average molecular weight is 1170 g/mol. The molecule has 26 heteroatoms. The highest BCUT2D eigenvalue weighted by molar-refractivity contribution is 5.98. The Morgan fingerprint density at radius 2 is 0.855 bits per heavy atom. The molecular formula is C57H91N13O13. The summed E-state index contributed by atoms with van der Waals surface area (Å²) >= 11 is 0. The lowest BCUT2D eigenvalue weighted by molar-refractivity contribution is -0.143. The number of primary amides is 1. The Balaban J connectivity index is 2.49. The minimum Gasteiger partial charge on any atom is -0.508 e. The molecule has 462 valence electrons. The van der Waals surface area contributed by atoms with Crippen molar-refractivity contribution < 1.29 is 63.3 Å². The Bertz CT molecular complexity index is 2490. The van der Waals surface area contributed by atoms with Crippen LogP contribution in [-0.2, 0) is 60.8 Å². The summed E-state index contributed by atoms with van der Waals surface area (Å²) in [7, 11) is 0. The first-order chi connectivity index (χ1) is 38.9. The molecule has 0 radical (unpaired) electrons. The molecule has 0 aliphatic heterocycles. The van der Waals surface area contributed by atoms with Crippen LogP contribution in [0.2, 0.25) is 0 Å². The number of hydrogen-bond acceptors (Lipinski definition) is 14. The predicted octanol–water partition coefficient (Wildman–Crippen LogP) is -0.648. The van der Waals surface area contributed by atoms with E-state index >= 15 is 0 Å². The molecule has 0 unspecified atom stereocenters. The summed E-state index contributed by atoms with van der Waals surface area (Å²) in [6.45, 7) is 15.5. The maximum atomic E-state index is 14.4. The van der Waals surface area contributed by atoms with Crippen molar-refractivity contribution >= 4 is 65.1 Å². The number of guanidine groups is 1. The van der Waals surface area contributed by atoms with Gasteiger partial charge in [0.15, 0.2) is 5.96 Å². The number of carboxylic acids is 1. The van der Waals surface area contributed by atoms with Crippen molar-refractivity contribution in [3.8, 4) is 5.75 Å². The van der Waals surface area contributed by atoms with Gasteiger partial charge in [0.2, 0.25) is 53.2 Å². The third-order valence-electron chi connectivity index (χ3n) is 12.9. The smallest absolute Gasteiger partial charge is 0.326 e. The first-order valence-electron chi connectivity index (χ1n) is 28.1. The number of phenols is 1. The summed E-state index contributed by atoms with van der Waals surface area (Å²) < 4.78 is 0. The Morgan fingerprint density at radius 3 is 1.30 bits per heavy atom. The third-order valence-corrected chi connectivity index (χ3v) is 12.9. The van der Waals surface area contributed by atoms with Crippen LogP contribution in [0.3, 0.4) is 0 Å². The van der Waals surface area contributed by atoms with Gasteiger partial charge in [-0.15, -0.1) is 0 Å². The summed E-state index contributed by atoms with van der Waals surface area (Å²) in [5.41, 5.74) is 24.0. The fraction of sp³-hybridized carbons (Fsp3) is 0.596. The molecule has 0 saturated carbocycles. The van der Waals surface area contributed by atoms with Crippen LogP contribution in [0.15, 0.2) is 59.6 Å². The van der Waals surface area contributed by atoms with Gasteiger partial charge in [-0.2, -0.15) is 0 Å². The van der Waals surface area contributed by atoms with Crippen LogP contribution in [0.1, 0.15) is 125 Å². The highest BCUT2D eigenvalue weighted by Gasteiger charge is 2.37. The molecule has 2 aromatic rings. The molecule has 0 aliphatic carbocycles. The second-order valence-corrected chi connectivity index (χ2v) is 22.6. The molecule has 83 heavy (non-hydrogen) atoms. The summed E-state index contributed by atoms with van der Waals surface area (Å²) in [5, 5.41) is 51.3. The van der Waals surface area contributed by atoms with Crippen LogP contribution >= 0.6 is 0 Å². The number of carbonyl (C=O) groups is 10. The van der Waals surface area contributed by atoms with Gasteiger partial charge in [-0.1, -0.05) is 97.9 Å². The summed E-state index contributed by atoms with van der Waals surface area (Å²) in [5.74, 6) is -9.88. The molecule has 0 fully saturated rings. The second kappa shape index (κ2) is 35.9. The van der Waals surface area contributed by atoms with Gasteiger partial charge in [-0.25, -0.2) is 4.79 Å². The van der Waals surface area contributed by atoms with Gasteiger partial charge in [0.1, 0.15) is 54.1 Å². The lowest BCUT2D eigenvalue weighted by Crippen LogP contribution is -2.62. The number of aliphatic carboxylic acids is 1. The van der Waals surface area contributed by atoms with Gasteiger partial charge in [-0.05, 0) is 105 Å².